The van der Waals surface area contributed by atoms with Gasteiger partial charge in [0.25, 0.3) is 0 Å². The Morgan fingerprint density at radius 1 is 1.12 bits per heavy atom. The number of rotatable bonds is 9. The molecule has 1 aliphatic rings. The quantitative estimate of drug-likeness (QED) is 0.458. The largest absolute Gasteiger partial charge is 0.497 e. The highest BCUT2D eigenvalue weighted by atomic mass is 16.5. The highest BCUT2D eigenvalue weighted by Crippen LogP contribution is 2.20. The molecule has 8 nitrogen and oxygen atoms in total. The van der Waals surface area contributed by atoms with E-state index in [1.54, 1.807) is 14.2 Å². The number of aliphatic imine (C=N–C) groups is 1. The van der Waals surface area contributed by atoms with E-state index in [9.17, 15) is 0 Å². The maximum atomic E-state index is 5.97. The molecule has 0 amide bonds. The van der Waals surface area contributed by atoms with Crippen LogP contribution >= 0.6 is 0 Å². The number of methoxy groups -OCH3 is 1. The Balaban J connectivity index is 1.46. The van der Waals surface area contributed by atoms with Crippen LogP contribution in [0.1, 0.15) is 19.4 Å². The first kappa shape index (κ1) is 23.7. The van der Waals surface area contributed by atoms with Crippen LogP contribution in [-0.4, -0.2) is 75.4 Å². The van der Waals surface area contributed by atoms with E-state index in [1.165, 1.54) is 5.56 Å². The third-order valence-electron chi connectivity index (χ3n) is 5.57. The summed E-state index contributed by atoms with van der Waals surface area (Å²) in [5.41, 5.74) is 1.18. The predicted octanol–water partition coefficient (Wildman–Crippen LogP) is 2.36. The van der Waals surface area contributed by atoms with E-state index in [0.29, 0.717) is 13.1 Å². The fraction of sp³-hybridized carbons (Fsp3) is 0.500. The predicted molar refractivity (Wildman–Crippen MR) is 130 cm³/mol. The average Bonchev–Trinajstić information content (AvgIpc) is 2.84. The molecule has 1 fully saturated rings. The smallest absolute Gasteiger partial charge is 0.191 e. The highest BCUT2D eigenvalue weighted by Gasteiger charge is 2.17. The first-order chi connectivity index (χ1) is 15.6. The van der Waals surface area contributed by atoms with Crippen molar-refractivity contribution in [2.24, 2.45) is 4.99 Å². The summed E-state index contributed by atoms with van der Waals surface area (Å²) in [6, 6.07) is 11.8. The van der Waals surface area contributed by atoms with Gasteiger partial charge in [0.1, 0.15) is 23.4 Å². The number of anilines is 1. The summed E-state index contributed by atoms with van der Waals surface area (Å²) in [6.07, 6.45) is 1.86. The SMILES string of the molecule is CCN1CCN(c2cc(CNC(=NC)NCC(C)Oc3cccc(OC)c3)ccn2)CC1. The lowest BCUT2D eigenvalue weighted by molar-refractivity contribution is 0.223. The van der Waals surface area contributed by atoms with E-state index in [-0.39, 0.29) is 6.10 Å². The van der Waals surface area contributed by atoms with Gasteiger partial charge < -0.3 is 29.9 Å². The average molecular weight is 441 g/mol. The standard InChI is InChI=1S/C24H36N6O2/c1-5-29-11-13-30(14-12-29)23-15-20(9-10-26-23)18-28-24(25-3)27-17-19(2)32-22-8-6-7-21(16-22)31-4/h6-10,15-16,19H,5,11-14,17-18H2,1-4H3,(H2,25,27,28). The van der Waals surface area contributed by atoms with Crippen molar-refractivity contribution in [2.45, 2.75) is 26.5 Å². The topological polar surface area (TPSA) is 74.2 Å². The van der Waals surface area contributed by atoms with E-state index in [2.05, 4.69) is 43.4 Å². The summed E-state index contributed by atoms with van der Waals surface area (Å²) in [5, 5.41) is 6.71. The molecule has 2 aromatic rings. The monoisotopic (exact) mass is 440 g/mol. The molecule has 8 heteroatoms. The van der Waals surface area contributed by atoms with Crippen molar-refractivity contribution < 1.29 is 9.47 Å². The van der Waals surface area contributed by atoms with E-state index in [0.717, 1.165) is 56.0 Å². The summed E-state index contributed by atoms with van der Waals surface area (Å²) < 4.78 is 11.2. The molecule has 1 saturated heterocycles. The van der Waals surface area contributed by atoms with Gasteiger partial charge in [-0.15, -0.1) is 0 Å². The molecule has 1 unspecified atom stereocenters. The minimum atomic E-state index is -0.0324. The van der Waals surface area contributed by atoms with Crippen molar-refractivity contribution in [1.29, 1.82) is 0 Å². The van der Waals surface area contributed by atoms with Gasteiger partial charge in [0.05, 0.1) is 13.7 Å². The van der Waals surface area contributed by atoms with Crippen LogP contribution in [0.4, 0.5) is 5.82 Å². The number of hydrogen-bond acceptors (Lipinski definition) is 6. The molecule has 0 aliphatic carbocycles. The van der Waals surface area contributed by atoms with Crippen LogP contribution in [0.3, 0.4) is 0 Å². The number of piperazine rings is 1. The third kappa shape index (κ3) is 7.02. The molecular formula is C24H36N6O2. The van der Waals surface area contributed by atoms with Gasteiger partial charge in [-0.2, -0.15) is 0 Å². The zero-order valence-electron chi connectivity index (χ0n) is 19.7. The van der Waals surface area contributed by atoms with Crippen LogP contribution in [0.15, 0.2) is 47.6 Å². The Morgan fingerprint density at radius 3 is 2.62 bits per heavy atom. The van der Waals surface area contributed by atoms with Crippen molar-refractivity contribution in [3.05, 3.63) is 48.2 Å². The Kier molecular flexibility index (Phi) is 8.98. The Morgan fingerprint density at radius 2 is 1.91 bits per heavy atom. The lowest BCUT2D eigenvalue weighted by Gasteiger charge is -2.34. The Labute approximate surface area is 191 Å². The zero-order chi connectivity index (χ0) is 22.8. The van der Waals surface area contributed by atoms with Crippen LogP contribution in [0.2, 0.25) is 0 Å². The van der Waals surface area contributed by atoms with Crippen molar-refractivity contribution in [3.63, 3.8) is 0 Å². The number of likely N-dealkylation sites (N-methyl/N-ethyl adjacent to an activating group) is 1. The molecule has 0 bridgehead atoms. The molecule has 0 spiro atoms. The maximum Gasteiger partial charge on any atom is 0.191 e. The molecule has 1 aromatic carbocycles. The van der Waals surface area contributed by atoms with Crippen LogP contribution in [-0.2, 0) is 6.54 Å². The second kappa shape index (κ2) is 12.1. The van der Waals surface area contributed by atoms with Crippen LogP contribution in [0.5, 0.6) is 11.5 Å². The minimum absolute atomic E-state index is 0.0324. The van der Waals surface area contributed by atoms with Gasteiger partial charge in [-0.25, -0.2) is 4.98 Å². The van der Waals surface area contributed by atoms with Gasteiger partial charge in [0.15, 0.2) is 5.96 Å². The molecule has 3 rings (SSSR count). The molecule has 1 aliphatic heterocycles. The van der Waals surface area contributed by atoms with Crippen LogP contribution in [0, 0.1) is 0 Å². The van der Waals surface area contributed by atoms with Gasteiger partial charge >= 0.3 is 0 Å². The molecule has 174 valence electrons. The molecule has 1 aromatic heterocycles. The van der Waals surface area contributed by atoms with Crippen molar-refractivity contribution >= 4 is 11.8 Å². The summed E-state index contributed by atoms with van der Waals surface area (Å²) in [4.78, 5) is 13.7. The van der Waals surface area contributed by atoms with Gasteiger partial charge in [-0.1, -0.05) is 13.0 Å². The Hall–Kier alpha value is -3.00. The second-order valence-corrected chi connectivity index (χ2v) is 7.86. The third-order valence-corrected chi connectivity index (χ3v) is 5.57. The molecule has 32 heavy (non-hydrogen) atoms. The molecule has 0 saturated carbocycles. The number of guanidine groups is 1. The van der Waals surface area contributed by atoms with Crippen molar-refractivity contribution in [2.75, 3.05) is 58.3 Å². The fourth-order valence-corrected chi connectivity index (χ4v) is 3.63. The summed E-state index contributed by atoms with van der Waals surface area (Å²) in [6.45, 7) is 10.9. The normalized spacial score (nSPS) is 15.9. The number of pyridine rings is 1. The molecular weight excluding hydrogens is 404 g/mol. The van der Waals surface area contributed by atoms with Crippen molar-refractivity contribution in [1.82, 2.24) is 20.5 Å². The number of nitrogens with one attached hydrogen (secondary N) is 2. The summed E-state index contributed by atoms with van der Waals surface area (Å²) in [5.74, 6) is 3.35. The molecule has 2 N–H and O–H groups in total. The van der Waals surface area contributed by atoms with Gasteiger partial charge in [-0.3, -0.25) is 4.99 Å². The number of hydrogen-bond donors (Lipinski definition) is 2. The number of aromatic nitrogens is 1. The van der Waals surface area contributed by atoms with E-state index < -0.39 is 0 Å². The number of ether oxygens (including phenoxy) is 2. The molecule has 2 heterocycles. The summed E-state index contributed by atoms with van der Waals surface area (Å²) >= 11 is 0. The van der Waals surface area contributed by atoms with Crippen molar-refractivity contribution in [3.8, 4) is 11.5 Å². The van der Waals surface area contributed by atoms with Gasteiger partial charge in [-0.05, 0) is 43.3 Å². The zero-order valence-corrected chi connectivity index (χ0v) is 19.7. The number of nitrogens with zero attached hydrogens (tertiary/aromatic N) is 4. The van der Waals surface area contributed by atoms with E-state index in [1.807, 2.05) is 43.5 Å². The van der Waals surface area contributed by atoms with E-state index in [4.69, 9.17) is 9.47 Å². The summed E-state index contributed by atoms with van der Waals surface area (Å²) in [7, 11) is 3.42. The van der Waals surface area contributed by atoms with Gasteiger partial charge in [0.2, 0.25) is 0 Å². The number of benzene rings is 1. The lowest BCUT2D eigenvalue weighted by atomic mass is 10.2. The van der Waals surface area contributed by atoms with Crippen LogP contribution in [0.25, 0.3) is 0 Å². The second-order valence-electron chi connectivity index (χ2n) is 7.86. The van der Waals surface area contributed by atoms with Crippen LogP contribution < -0.4 is 25.0 Å². The highest BCUT2D eigenvalue weighted by molar-refractivity contribution is 5.79. The minimum Gasteiger partial charge on any atom is -0.497 e. The maximum absolute atomic E-state index is 5.97. The first-order valence-corrected chi connectivity index (χ1v) is 11.3. The molecule has 0 radical (unpaired) electrons. The fourth-order valence-electron chi connectivity index (χ4n) is 3.63. The lowest BCUT2D eigenvalue weighted by Crippen LogP contribution is -2.46. The molecule has 1 atom stereocenters. The first-order valence-electron chi connectivity index (χ1n) is 11.3. The Bertz CT molecular complexity index is 867. The van der Waals surface area contributed by atoms with E-state index >= 15 is 0 Å². The van der Waals surface area contributed by atoms with Gasteiger partial charge in [0, 0.05) is 52.0 Å².